The molecule has 0 bridgehead atoms. The van der Waals surface area contributed by atoms with Crippen LogP contribution in [0.25, 0.3) is 11.3 Å². The molecule has 0 aliphatic heterocycles. The minimum Gasteiger partial charge on any atom is -0.612 e. The average molecular weight is 384 g/mol. The van der Waals surface area contributed by atoms with E-state index in [9.17, 15) is 9.35 Å². The van der Waals surface area contributed by atoms with Gasteiger partial charge in [-0.25, -0.2) is 4.68 Å². The lowest BCUT2D eigenvalue weighted by Gasteiger charge is -2.15. The minimum atomic E-state index is -1.00. The highest BCUT2D eigenvalue weighted by Gasteiger charge is 2.13. The maximum atomic E-state index is 12.6. The van der Waals surface area contributed by atoms with Crippen molar-refractivity contribution in [1.82, 2.24) is 14.7 Å². The third kappa shape index (κ3) is 5.85. The van der Waals surface area contributed by atoms with Crippen LogP contribution in [0.1, 0.15) is 19.4 Å². The molecule has 1 unspecified atom stereocenters. The Morgan fingerprint density at radius 1 is 1.24 bits per heavy atom. The first kappa shape index (κ1) is 21.7. The van der Waals surface area contributed by atoms with Gasteiger partial charge >= 0.3 is 0 Å². The number of aromatic nitrogens is 2. The molecule has 0 saturated carbocycles. The summed E-state index contributed by atoms with van der Waals surface area (Å²) >= 11 is -1.00. The summed E-state index contributed by atoms with van der Waals surface area (Å²) in [4.78, 5) is 15.4. The molecule has 0 spiro atoms. The van der Waals surface area contributed by atoms with E-state index in [0.29, 0.717) is 19.0 Å². The Kier molecular flexibility index (Phi) is 8.15. The number of halogens is 1. The topological polar surface area (TPSA) is 61.2 Å². The second-order valence-corrected chi connectivity index (χ2v) is 8.03. The van der Waals surface area contributed by atoms with Gasteiger partial charge in [-0.2, -0.15) is 5.10 Å². The smallest absolute Gasteiger partial charge is 0.271 e. The Bertz CT molecular complexity index is 709. The van der Waals surface area contributed by atoms with E-state index in [1.165, 1.54) is 0 Å². The highest BCUT2D eigenvalue weighted by atomic mass is 35.5. The number of hydrogen-bond donors (Lipinski definition) is 0. The summed E-state index contributed by atoms with van der Waals surface area (Å²) in [7, 11) is 3.88. The molecule has 0 aliphatic carbocycles. The fourth-order valence-electron chi connectivity index (χ4n) is 2.48. The van der Waals surface area contributed by atoms with E-state index in [1.807, 2.05) is 49.3 Å². The second kappa shape index (κ2) is 9.38. The maximum Gasteiger partial charge on any atom is 0.271 e. The Hall–Kier alpha value is -1.34. The van der Waals surface area contributed by atoms with E-state index < -0.39 is 11.2 Å². The minimum absolute atomic E-state index is 0. The van der Waals surface area contributed by atoms with Gasteiger partial charge in [-0.3, -0.25) is 4.79 Å². The molecule has 7 heteroatoms. The van der Waals surface area contributed by atoms with Crippen molar-refractivity contribution in [3.05, 3.63) is 46.2 Å². The fraction of sp³-hybridized carbons (Fsp3) is 0.444. The van der Waals surface area contributed by atoms with Crippen LogP contribution in [0, 0.1) is 5.92 Å². The van der Waals surface area contributed by atoms with Gasteiger partial charge in [0.1, 0.15) is 6.26 Å². The normalized spacial score (nSPS) is 12.3. The van der Waals surface area contributed by atoms with Crippen LogP contribution in [-0.2, 0) is 24.3 Å². The summed E-state index contributed by atoms with van der Waals surface area (Å²) in [5, 5.41) is 4.53. The van der Waals surface area contributed by atoms with Crippen molar-refractivity contribution in [3.8, 4) is 11.3 Å². The number of rotatable bonds is 6. The van der Waals surface area contributed by atoms with Crippen molar-refractivity contribution < 1.29 is 4.55 Å². The molecular formula is C18H26ClN3O2S. The molecule has 1 atom stereocenters. The van der Waals surface area contributed by atoms with E-state index in [2.05, 4.69) is 18.9 Å². The molecule has 5 nitrogen and oxygen atoms in total. The lowest BCUT2D eigenvalue weighted by atomic mass is 10.1. The van der Waals surface area contributed by atoms with Crippen LogP contribution in [-0.4, -0.2) is 39.6 Å². The van der Waals surface area contributed by atoms with Gasteiger partial charge in [-0.15, -0.1) is 12.4 Å². The van der Waals surface area contributed by atoms with Crippen molar-refractivity contribution in [2.45, 2.75) is 31.8 Å². The van der Waals surface area contributed by atoms with Gasteiger partial charge < -0.3 is 9.45 Å². The molecular weight excluding hydrogens is 358 g/mol. The van der Waals surface area contributed by atoms with Crippen molar-refractivity contribution in [2.24, 2.45) is 5.92 Å². The molecule has 25 heavy (non-hydrogen) atoms. The molecule has 1 aromatic carbocycles. The molecule has 0 radical (unpaired) electrons. The molecule has 138 valence electrons. The molecule has 0 N–H and O–H groups in total. The van der Waals surface area contributed by atoms with Gasteiger partial charge in [-0.05, 0) is 61.5 Å². The standard InChI is InChI=1S/C18H25N3O2S.ClH/c1-13(2)11-21-18(22)15(12-20(3)4)10-17(19-21)14-6-8-16(9-7-14)24(5)23;/h6-10,13H,11-12H2,1-5H3;1H. The zero-order valence-corrected chi connectivity index (χ0v) is 17.0. The van der Waals surface area contributed by atoms with Gasteiger partial charge in [0.05, 0.1) is 5.69 Å². The van der Waals surface area contributed by atoms with Gasteiger partial charge in [-0.1, -0.05) is 13.8 Å². The van der Waals surface area contributed by atoms with Gasteiger partial charge in [0.2, 0.25) is 0 Å². The number of hydrogen-bond acceptors (Lipinski definition) is 4. The maximum absolute atomic E-state index is 12.6. The molecule has 0 saturated heterocycles. The highest BCUT2D eigenvalue weighted by molar-refractivity contribution is 7.90. The van der Waals surface area contributed by atoms with Gasteiger partial charge in [0.15, 0.2) is 4.90 Å². The van der Waals surface area contributed by atoms with Crippen LogP contribution < -0.4 is 5.56 Å². The van der Waals surface area contributed by atoms with E-state index >= 15 is 0 Å². The van der Waals surface area contributed by atoms with Gasteiger partial charge in [0.25, 0.3) is 5.56 Å². The van der Waals surface area contributed by atoms with Crippen molar-refractivity contribution in [3.63, 3.8) is 0 Å². The second-order valence-electron chi connectivity index (χ2n) is 6.65. The van der Waals surface area contributed by atoms with Crippen molar-refractivity contribution in [2.75, 3.05) is 20.4 Å². The average Bonchev–Trinajstić information content (AvgIpc) is 2.50. The summed E-state index contributed by atoms with van der Waals surface area (Å²) in [5.74, 6) is 0.336. The summed E-state index contributed by atoms with van der Waals surface area (Å²) < 4.78 is 13.1. The highest BCUT2D eigenvalue weighted by Crippen LogP contribution is 2.20. The van der Waals surface area contributed by atoms with E-state index in [4.69, 9.17) is 0 Å². The zero-order chi connectivity index (χ0) is 17.9. The van der Waals surface area contributed by atoms with Crippen molar-refractivity contribution >= 4 is 23.6 Å². The third-order valence-corrected chi connectivity index (χ3v) is 4.49. The first-order chi connectivity index (χ1) is 11.3. The molecule has 2 rings (SSSR count). The monoisotopic (exact) mass is 383 g/mol. The largest absolute Gasteiger partial charge is 0.612 e. The summed E-state index contributed by atoms with van der Waals surface area (Å²) in [6, 6.07) is 9.36. The predicted octanol–water partition coefficient (Wildman–Crippen LogP) is 2.79. The van der Waals surface area contributed by atoms with Crippen LogP contribution in [0.3, 0.4) is 0 Å². The Morgan fingerprint density at radius 2 is 1.84 bits per heavy atom. The van der Waals surface area contributed by atoms with Crippen LogP contribution in [0.4, 0.5) is 0 Å². The van der Waals surface area contributed by atoms with Crippen LogP contribution in [0.15, 0.2) is 40.0 Å². The number of nitrogens with zero attached hydrogens (tertiary/aromatic N) is 3. The molecule has 0 fully saturated rings. The SMILES string of the molecule is CC(C)Cn1nc(-c2ccc([S+](C)[O-])cc2)cc(CN(C)C)c1=O.Cl. The molecule has 2 aromatic rings. The van der Waals surface area contributed by atoms with Crippen LogP contribution in [0.2, 0.25) is 0 Å². The molecule has 0 aliphatic rings. The fourth-order valence-corrected chi connectivity index (χ4v) is 3.00. The van der Waals surface area contributed by atoms with E-state index in [0.717, 1.165) is 21.7 Å². The van der Waals surface area contributed by atoms with Crippen LogP contribution >= 0.6 is 12.4 Å². The molecule has 0 amide bonds. The lowest BCUT2D eigenvalue weighted by Crippen LogP contribution is -2.30. The summed E-state index contributed by atoms with van der Waals surface area (Å²) in [5.41, 5.74) is 2.38. The summed E-state index contributed by atoms with van der Waals surface area (Å²) in [6.07, 6.45) is 1.66. The Balaban J connectivity index is 0.00000312. The Labute approximate surface area is 158 Å². The van der Waals surface area contributed by atoms with Gasteiger partial charge in [0, 0.05) is 24.2 Å². The van der Waals surface area contributed by atoms with Crippen molar-refractivity contribution in [1.29, 1.82) is 0 Å². The first-order valence-electron chi connectivity index (χ1n) is 7.97. The van der Waals surface area contributed by atoms with Crippen LogP contribution in [0.5, 0.6) is 0 Å². The lowest BCUT2D eigenvalue weighted by molar-refractivity contribution is 0.392. The third-order valence-electron chi connectivity index (χ3n) is 3.56. The summed E-state index contributed by atoms with van der Waals surface area (Å²) in [6.45, 7) is 5.29. The molecule has 1 heterocycles. The molecule has 1 aromatic heterocycles. The van der Waals surface area contributed by atoms with E-state index in [1.54, 1.807) is 10.9 Å². The zero-order valence-electron chi connectivity index (χ0n) is 15.4. The van der Waals surface area contributed by atoms with E-state index in [-0.39, 0.29) is 18.0 Å². The predicted molar refractivity (Wildman–Crippen MR) is 106 cm³/mol. The Morgan fingerprint density at radius 3 is 2.32 bits per heavy atom. The number of benzene rings is 1. The first-order valence-corrected chi connectivity index (χ1v) is 9.53. The quantitative estimate of drug-likeness (QED) is 0.719.